The Morgan fingerprint density at radius 2 is 1.65 bits per heavy atom. The SMILES string of the molecule is CC(=O)C1=C(O)C[C@@]2(C)C[C@@]3(C)Cc4c(CC(=O)CC(C)(C)C)ccc(O)c4C(=O)C3=C(O)[C@@]2(O)C1=O. The van der Waals surface area contributed by atoms with Crippen LogP contribution in [-0.2, 0) is 27.2 Å². The van der Waals surface area contributed by atoms with Crippen LogP contribution >= 0.6 is 0 Å². The van der Waals surface area contributed by atoms with Crippen molar-refractivity contribution in [1.82, 2.24) is 0 Å². The molecule has 3 atom stereocenters. The highest BCUT2D eigenvalue weighted by Gasteiger charge is 2.67. The molecule has 0 saturated carbocycles. The van der Waals surface area contributed by atoms with Crippen LogP contribution in [0.4, 0.5) is 0 Å². The number of phenolic OH excluding ortho intramolecular Hbond substituents is 1. The van der Waals surface area contributed by atoms with Crippen molar-refractivity contribution < 1.29 is 39.6 Å². The smallest absolute Gasteiger partial charge is 0.209 e. The van der Waals surface area contributed by atoms with Crippen LogP contribution in [0.1, 0.15) is 82.3 Å². The average Bonchev–Trinajstić information content (AvgIpc) is 2.70. The number of hydrogen-bond donors (Lipinski definition) is 4. The fourth-order valence-electron chi connectivity index (χ4n) is 6.75. The van der Waals surface area contributed by atoms with Gasteiger partial charge in [-0.2, -0.15) is 0 Å². The van der Waals surface area contributed by atoms with Gasteiger partial charge in [-0.3, -0.25) is 19.2 Å². The molecule has 3 aliphatic carbocycles. The predicted octanol–water partition coefficient (Wildman–Crippen LogP) is 4.01. The van der Waals surface area contributed by atoms with Crippen LogP contribution in [0.15, 0.2) is 34.8 Å². The minimum absolute atomic E-state index is 0.0168. The molecule has 0 aliphatic heterocycles. The number of allylic oxidation sites excluding steroid dienone is 2. The molecule has 8 heteroatoms. The molecule has 0 spiro atoms. The van der Waals surface area contributed by atoms with Gasteiger partial charge in [0.15, 0.2) is 17.2 Å². The minimum Gasteiger partial charge on any atom is -0.511 e. The van der Waals surface area contributed by atoms with Gasteiger partial charge in [0.2, 0.25) is 5.78 Å². The van der Waals surface area contributed by atoms with Crippen LogP contribution < -0.4 is 0 Å². The zero-order valence-electron chi connectivity index (χ0n) is 22.1. The Morgan fingerprint density at radius 3 is 2.22 bits per heavy atom. The highest BCUT2D eigenvalue weighted by Crippen LogP contribution is 2.62. The summed E-state index contributed by atoms with van der Waals surface area (Å²) in [6.07, 6.45) is 0.322. The number of aliphatic hydroxyl groups is 3. The van der Waals surface area contributed by atoms with E-state index >= 15 is 0 Å². The second kappa shape index (κ2) is 8.12. The number of ketones is 4. The quantitative estimate of drug-likeness (QED) is 0.444. The van der Waals surface area contributed by atoms with Gasteiger partial charge in [0.1, 0.15) is 28.6 Å². The van der Waals surface area contributed by atoms with Crippen LogP contribution in [-0.4, -0.2) is 49.2 Å². The summed E-state index contributed by atoms with van der Waals surface area (Å²) in [7, 11) is 0. The molecule has 0 bridgehead atoms. The molecule has 0 heterocycles. The molecule has 0 unspecified atom stereocenters. The first-order valence-corrected chi connectivity index (χ1v) is 12.4. The standard InChI is InChI=1S/C29H34O8/c1-14(30)20-19(33)12-28(6)13-27(5)11-17-15(9-16(31)10-26(2,3)4)7-8-18(32)21(17)23(34)22(27)25(36)29(28,37)24(20)35/h7-8,32-33,36-37H,9-13H2,1-6H3/t27-,28+,29+/m1/s1. The molecular weight excluding hydrogens is 476 g/mol. The van der Waals surface area contributed by atoms with Gasteiger partial charge in [-0.15, -0.1) is 0 Å². The van der Waals surface area contributed by atoms with Crippen LogP contribution in [0, 0.1) is 16.2 Å². The maximum Gasteiger partial charge on any atom is 0.209 e. The molecule has 8 nitrogen and oxygen atoms in total. The number of carbonyl (C=O) groups is 4. The lowest BCUT2D eigenvalue weighted by Crippen LogP contribution is -2.63. The maximum atomic E-state index is 13.8. The molecule has 37 heavy (non-hydrogen) atoms. The van der Waals surface area contributed by atoms with E-state index in [1.807, 2.05) is 20.8 Å². The Labute approximate surface area is 215 Å². The second-order valence-corrected chi connectivity index (χ2v) is 12.7. The normalized spacial score (nSPS) is 29.6. The van der Waals surface area contributed by atoms with E-state index in [4.69, 9.17) is 0 Å². The van der Waals surface area contributed by atoms with Gasteiger partial charge >= 0.3 is 0 Å². The minimum atomic E-state index is -2.60. The third-order valence-corrected chi connectivity index (χ3v) is 8.11. The molecule has 0 amide bonds. The summed E-state index contributed by atoms with van der Waals surface area (Å²) in [5, 5.41) is 44.3. The fraction of sp³-hybridized carbons (Fsp3) is 0.517. The molecule has 0 aromatic heterocycles. The first-order chi connectivity index (χ1) is 16.9. The highest BCUT2D eigenvalue weighted by molar-refractivity contribution is 6.25. The number of fused-ring (bicyclic) bond motifs is 3. The monoisotopic (exact) mass is 510 g/mol. The van der Waals surface area contributed by atoms with Crippen molar-refractivity contribution >= 4 is 23.1 Å². The molecule has 0 saturated heterocycles. The summed E-state index contributed by atoms with van der Waals surface area (Å²) in [5.41, 5.74) is -5.10. The summed E-state index contributed by atoms with van der Waals surface area (Å²) >= 11 is 0. The molecule has 1 aromatic rings. The maximum absolute atomic E-state index is 13.8. The number of hydrogen-bond acceptors (Lipinski definition) is 8. The van der Waals surface area contributed by atoms with Gasteiger partial charge in [-0.05, 0) is 42.4 Å². The summed E-state index contributed by atoms with van der Waals surface area (Å²) in [6, 6.07) is 2.96. The Bertz CT molecular complexity index is 1340. The zero-order valence-corrected chi connectivity index (χ0v) is 22.1. The number of benzene rings is 1. The lowest BCUT2D eigenvalue weighted by molar-refractivity contribution is -0.159. The van der Waals surface area contributed by atoms with E-state index in [2.05, 4.69) is 0 Å². The van der Waals surface area contributed by atoms with Crippen LogP contribution in [0.25, 0.3) is 0 Å². The van der Waals surface area contributed by atoms with Gasteiger partial charge < -0.3 is 20.4 Å². The summed E-state index contributed by atoms with van der Waals surface area (Å²) < 4.78 is 0. The van der Waals surface area contributed by atoms with E-state index in [1.165, 1.54) is 13.0 Å². The Balaban J connectivity index is 1.90. The van der Waals surface area contributed by atoms with Crippen molar-refractivity contribution in [2.45, 2.75) is 79.2 Å². The second-order valence-electron chi connectivity index (χ2n) is 12.7. The molecule has 4 N–H and O–H groups in total. The number of carbonyl (C=O) groups excluding carboxylic acids is 4. The summed E-state index contributed by atoms with van der Waals surface area (Å²) in [4.78, 5) is 52.1. The third-order valence-electron chi connectivity index (χ3n) is 8.11. The molecule has 198 valence electrons. The topological polar surface area (TPSA) is 149 Å². The van der Waals surface area contributed by atoms with E-state index in [-0.39, 0.29) is 53.8 Å². The van der Waals surface area contributed by atoms with Gasteiger partial charge in [0.25, 0.3) is 0 Å². The van der Waals surface area contributed by atoms with Gasteiger partial charge in [0.05, 0.1) is 5.56 Å². The number of rotatable bonds is 4. The van der Waals surface area contributed by atoms with Crippen LogP contribution in [0.3, 0.4) is 0 Å². The predicted molar refractivity (Wildman–Crippen MR) is 134 cm³/mol. The fourth-order valence-corrected chi connectivity index (χ4v) is 6.75. The number of Topliss-reactive ketones (excluding diaryl/α,β-unsaturated/α-hetero) is 4. The van der Waals surface area contributed by atoms with Crippen LogP contribution in [0.2, 0.25) is 0 Å². The van der Waals surface area contributed by atoms with E-state index in [1.54, 1.807) is 13.0 Å². The van der Waals surface area contributed by atoms with Crippen molar-refractivity contribution in [2.24, 2.45) is 16.2 Å². The van der Waals surface area contributed by atoms with E-state index in [0.29, 0.717) is 17.5 Å². The molecule has 1 aromatic carbocycles. The van der Waals surface area contributed by atoms with Crippen molar-refractivity contribution in [3.05, 3.63) is 51.5 Å². The average molecular weight is 511 g/mol. The first kappa shape index (κ1) is 26.8. The van der Waals surface area contributed by atoms with E-state index < -0.39 is 50.9 Å². The Morgan fingerprint density at radius 1 is 1.03 bits per heavy atom. The van der Waals surface area contributed by atoms with Crippen molar-refractivity contribution in [3.8, 4) is 5.75 Å². The van der Waals surface area contributed by atoms with Gasteiger partial charge in [-0.25, -0.2) is 0 Å². The number of aliphatic hydroxyl groups excluding tert-OH is 2. The number of phenols is 1. The zero-order chi connectivity index (χ0) is 27.9. The van der Waals surface area contributed by atoms with Crippen molar-refractivity contribution in [2.75, 3.05) is 0 Å². The molecule has 0 fully saturated rings. The third kappa shape index (κ3) is 3.84. The van der Waals surface area contributed by atoms with Crippen molar-refractivity contribution in [1.29, 1.82) is 0 Å². The van der Waals surface area contributed by atoms with Crippen molar-refractivity contribution in [3.63, 3.8) is 0 Å². The first-order valence-electron chi connectivity index (χ1n) is 12.4. The van der Waals surface area contributed by atoms with E-state index in [0.717, 1.165) is 6.92 Å². The largest absolute Gasteiger partial charge is 0.511 e. The highest BCUT2D eigenvalue weighted by atomic mass is 16.3. The van der Waals surface area contributed by atoms with Gasteiger partial charge in [-0.1, -0.05) is 40.7 Å². The van der Waals surface area contributed by atoms with Crippen LogP contribution in [0.5, 0.6) is 5.75 Å². The Kier molecular flexibility index (Phi) is 5.88. The van der Waals surface area contributed by atoms with Gasteiger partial charge in [0, 0.05) is 35.7 Å². The lowest BCUT2D eigenvalue weighted by atomic mass is 9.48. The summed E-state index contributed by atoms with van der Waals surface area (Å²) in [6.45, 7) is 10.2. The molecule has 0 radical (unpaired) electrons. The lowest BCUT2D eigenvalue weighted by Gasteiger charge is -2.56. The molecular formula is C29H34O8. The van der Waals surface area contributed by atoms with E-state index in [9.17, 15) is 39.6 Å². The molecule has 4 rings (SSSR count). The Hall–Kier alpha value is -3.26. The molecule has 3 aliphatic rings. The number of aromatic hydroxyl groups is 1. The summed E-state index contributed by atoms with van der Waals surface area (Å²) in [5.74, 6) is -4.31.